The Kier molecular flexibility index (Phi) is 8.13. The van der Waals surface area contributed by atoms with Crippen LogP contribution in [-0.2, 0) is 9.59 Å². The lowest BCUT2D eigenvalue weighted by molar-refractivity contribution is -0.126. The van der Waals surface area contributed by atoms with Crippen LogP contribution >= 0.6 is 23.1 Å². The molecule has 2 N–H and O–H groups in total. The highest BCUT2D eigenvalue weighted by atomic mass is 32.2. The molecule has 0 radical (unpaired) electrons. The fraction of sp³-hybridized carbons (Fsp3) is 0.273. The fourth-order valence-corrected chi connectivity index (χ4v) is 4.23. The van der Waals surface area contributed by atoms with Crippen LogP contribution in [-0.4, -0.2) is 33.8 Å². The molecule has 9 heteroatoms. The lowest BCUT2D eigenvalue weighted by Crippen LogP contribution is -2.48. The molecule has 0 fully saturated rings. The van der Waals surface area contributed by atoms with Crippen molar-refractivity contribution in [2.24, 2.45) is 5.92 Å². The van der Waals surface area contributed by atoms with E-state index in [1.165, 1.54) is 35.2 Å². The zero-order valence-corrected chi connectivity index (χ0v) is 18.8. The van der Waals surface area contributed by atoms with Crippen molar-refractivity contribution >= 4 is 40.0 Å². The summed E-state index contributed by atoms with van der Waals surface area (Å²) in [6.45, 7) is 3.88. The number of hydrogen-bond acceptors (Lipinski definition) is 6. The number of amides is 2. The van der Waals surface area contributed by atoms with Crippen LogP contribution in [0.5, 0.6) is 0 Å². The molecule has 0 aliphatic heterocycles. The number of aromatic nitrogens is 2. The summed E-state index contributed by atoms with van der Waals surface area (Å²) in [6.07, 6.45) is 0.723. The average molecular weight is 459 g/mol. The molecule has 1 aromatic heterocycles. The van der Waals surface area contributed by atoms with Crippen LogP contribution in [0.3, 0.4) is 0 Å². The van der Waals surface area contributed by atoms with Crippen LogP contribution in [0.25, 0.3) is 10.6 Å². The lowest BCUT2D eigenvalue weighted by Gasteiger charge is -2.22. The molecule has 0 spiro atoms. The van der Waals surface area contributed by atoms with Crippen molar-refractivity contribution in [1.82, 2.24) is 15.5 Å². The predicted octanol–water partition coefficient (Wildman–Crippen LogP) is 4.61. The molecule has 0 aliphatic carbocycles. The lowest BCUT2D eigenvalue weighted by atomic mass is 9.98. The Bertz CT molecular complexity index is 1010. The van der Waals surface area contributed by atoms with E-state index in [1.807, 2.05) is 44.2 Å². The summed E-state index contributed by atoms with van der Waals surface area (Å²) in [5.74, 6) is -0.722. The van der Waals surface area contributed by atoms with Gasteiger partial charge in [0.2, 0.25) is 16.9 Å². The summed E-state index contributed by atoms with van der Waals surface area (Å²) in [6, 6.07) is 14.8. The van der Waals surface area contributed by atoms with Gasteiger partial charge in [0.25, 0.3) is 0 Å². The first-order valence-corrected chi connectivity index (χ1v) is 11.6. The number of rotatable bonds is 9. The van der Waals surface area contributed by atoms with Gasteiger partial charge in [-0.25, -0.2) is 4.39 Å². The van der Waals surface area contributed by atoms with Gasteiger partial charge in [-0.1, -0.05) is 49.8 Å². The molecule has 0 saturated heterocycles. The largest absolute Gasteiger partial charge is 0.343 e. The van der Waals surface area contributed by atoms with Gasteiger partial charge in [-0.2, -0.15) is 0 Å². The second kappa shape index (κ2) is 11.0. The second-order valence-corrected chi connectivity index (χ2v) is 8.97. The van der Waals surface area contributed by atoms with Gasteiger partial charge in [-0.05, 0) is 42.3 Å². The molecule has 0 aliphatic rings. The van der Waals surface area contributed by atoms with Gasteiger partial charge in [-0.3, -0.25) is 14.9 Å². The molecule has 2 amide bonds. The number of nitrogens with zero attached hydrogens (tertiary/aromatic N) is 2. The average Bonchev–Trinajstić information content (AvgIpc) is 3.25. The molecular weight excluding hydrogens is 435 g/mol. The smallest absolute Gasteiger partial charge is 0.249 e. The summed E-state index contributed by atoms with van der Waals surface area (Å²) in [5.41, 5.74) is 0.712. The first-order chi connectivity index (χ1) is 15.0. The number of halogens is 1. The topological polar surface area (TPSA) is 84.0 Å². The van der Waals surface area contributed by atoms with Crippen LogP contribution < -0.4 is 10.6 Å². The Morgan fingerprint density at radius 1 is 1.10 bits per heavy atom. The molecule has 162 valence electrons. The van der Waals surface area contributed by atoms with Crippen molar-refractivity contribution in [3.8, 4) is 10.6 Å². The highest BCUT2D eigenvalue weighted by Gasteiger charge is 2.27. The van der Waals surface area contributed by atoms with Crippen LogP contribution in [0.1, 0.15) is 20.3 Å². The van der Waals surface area contributed by atoms with Crippen molar-refractivity contribution in [2.75, 3.05) is 11.1 Å². The van der Waals surface area contributed by atoms with Gasteiger partial charge in [-0.15, -0.1) is 22.0 Å². The zero-order chi connectivity index (χ0) is 22.2. The molecule has 2 unspecified atom stereocenters. The van der Waals surface area contributed by atoms with Crippen molar-refractivity contribution in [3.05, 3.63) is 60.4 Å². The molecular formula is C22H23FN4O2S2. The van der Waals surface area contributed by atoms with Crippen LogP contribution in [0.15, 0.2) is 59.5 Å². The van der Waals surface area contributed by atoms with E-state index in [1.54, 1.807) is 12.1 Å². The Balaban J connectivity index is 1.62. The van der Waals surface area contributed by atoms with E-state index in [9.17, 15) is 14.0 Å². The number of benzene rings is 2. The molecule has 2 aromatic carbocycles. The fourth-order valence-electron chi connectivity index (χ4n) is 2.75. The van der Waals surface area contributed by atoms with Crippen LogP contribution in [0.4, 0.5) is 9.52 Å². The third-order valence-electron chi connectivity index (χ3n) is 4.67. The quantitative estimate of drug-likeness (QED) is 0.458. The number of carbonyl (C=O) groups excluding carboxylic acids is 2. The standard InChI is InChI=1S/C22H23FN4O2S2/c1-3-14(2)19(24-18(28)13-30-17-7-5-4-6-8-17)20(29)25-22-27-26-21(31-22)15-9-11-16(23)12-10-15/h4-12,14,19H,3,13H2,1-2H3,(H,24,28)(H,25,27,29). The molecule has 3 rings (SSSR count). The maximum atomic E-state index is 13.1. The minimum absolute atomic E-state index is 0.0600. The number of carbonyl (C=O) groups is 2. The van der Waals surface area contributed by atoms with Crippen molar-refractivity contribution in [1.29, 1.82) is 0 Å². The van der Waals surface area contributed by atoms with E-state index >= 15 is 0 Å². The maximum Gasteiger partial charge on any atom is 0.249 e. The second-order valence-electron chi connectivity index (χ2n) is 6.94. The minimum Gasteiger partial charge on any atom is -0.343 e. The molecule has 31 heavy (non-hydrogen) atoms. The maximum absolute atomic E-state index is 13.1. The first-order valence-electron chi connectivity index (χ1n) is 9.83. The summed E-state index contributed by atoms with van der Waals surface area (Å²) >= 11 is 2.61. The van der Waals surface area contributed by atoms with E-state index in [2.05, 4.69) is 20.8 Å². The highest BCUT2D eigenvalue weighted by molar-refractivity contribution is 8.00. The molecule has 6 nitrogen and oxygen atoms in total. The van der Waals surface area contributed by atoms with Crippen molar-refractivity contribution < 1.29 is 14.0 Å². The van der Waals surface area contributed by atoms with Crippen LogP contribution in [0, 0.1) is 11.7 Å². The van der Waals surface area contributed by atoms with Crippen molar-refractivity contribution in [2.45, 2.75) is 31.2 Å². The summed E-state index contributed by atoms with van der Waals surface area (Å²) in [7, 11) is 0. The Morgan fingerprint density at radius 2 is 1.81 bits per heavy atom. The van der Waals surface area contributed by atoms with Gasteiger partial charge < -0.3 is 5.32 Å². The number of thioether (sulfide) groups is 1. The van der Waals surface area contributed by atoms with E-state index in [4.69, 9.17) is 0 Å². The highest BCUT2D eigenvalue weighted by Crippen LogP contribution is 2.27. The molecule has 3 aromatic rings. The third kappa shape index (κ3) is 6.60. The van der Waals surface area contributed by atoms with E-state index in [-0.39, 0.29) is 29.3 Å². The van der Waals surface area contributed by atoms with Crippen LogP contribution in [0.2, 0.25) is 0 Å². The van der Waals surface area contributed by atoms with Gasteiger partial charge in [0.05, 0.1) is 5.75 Å². The summed E-state index contributed by atoms with van der Waals surface area (Å²) in [4.78, 5) is 26.3. The first kappa shape index (κ1) is 22.9. The number of anilines is 1. The SMILES string of the molecule is CCC(C)C(NC(=O)CSc1ccccc1)C(=O)Nc1nnc(-c2ccc(F)cc2)s1. The Labute approximate surface area is 188 Å². The summed E-state index contributed by atoms with van der Waals surface area (Å²) < 4.78 is 13.1. The Hall–Kier alpha value is -2.78. The third-order valence-corrected chi connectivity index (χ3v) is 6.57. The minimum atomic E-state index is -0.688. The Morgan fingerprint density at radius 3 is 2.48 bits per heavy atom. The number of hydrogen-bond donors (Lipinski definition) is 2. The molecule has 0 bridgehead atoms. The zero-order valence-electron chi connectivity index (χ0n) is 17.2. The predicted molar refractivity (Wildman–Crippen MR) is 122 cm³/mol. The normalized spacial score (nSPS) is 12.7. The summed E-state index contributed by atoms with van der Waals surface area (Å²) in [5, 5.41) is 14.5. The van der Waals surface area contributed by atoms with Crippen molar-refractivity contribution in [3.63, 3.8) is 0 Å². The van der Waals surface area contributed by atoms with E-state index in [0.717, 1.165) is 11.3 Å². The van der Waals surface area contributed by atoms with Gasteiger partial charge in [0.1, 0.15) is 16.9 Å². The number of nitrogens with one attached hydrogen (secondary N) is 2. The van der Waals surface area contributed by atoms with E-state index < -0.39 is 6.04 Å². The van der Waals surface area contributed by atoms with E-state index in [0.29, 0.717) is 15.7 Å². The van der Waals surface area contributed by atoms with Gasteiger partial charge >= 0.3 is 0 Å². The monoisotopic (exact) mass is 458 g/mol. The molecule has 2 atom stereocenters. The van der Waals surface area contributed by atoms with Gasteiger partial charge in [0.15, 0.2) is 0 Å². The van der Waals surface area contributed by atoms with Gasteiger partial charge in [0, 0.05) is 10.5 Å². The molecule has 0 saturated carbocycles. The molecule has 1 heterocycles.